The molecule has 0 aliphatic rings. The van der Waals surface area contributed by atoms with Crippen molar-refractivity contribution in [2.75, 3.05) is 0 Å². The Bertz CT molecular complexity index is 882. The van der Waals surface area contributed by atoms with Gasteiger partial charge in [0.15, 0.2) is 17.2 Å². The van der Waals surface area contributed by atoms with Gasteiger partial charge in [-0.1, -0.05) is 37.0 Å². The lowest BCUT2D eigenvalue weighted by Gasteiger charge is -2.02. The van der Waals surface area contributed by atoms with Crippen LogP contribution in [0.1, 0.15) is 25.5 Å². The van der Waals surface area contributed by atoms with E-state index in [9.17, 15) is 5.11 Å². The van der Waals surface area contributed by atoms with Crippen molar-refractivity contribution in [2.24, 2.45) is 10.2 Å². The fraction of sp³-hybridized carbons (Fsp3) is 0.188. The van der Waals surface area contributed by atoms with Crippen molar-refractivity contribution < 1.29 is 5.11 Å². The molecule has 23 heavy (non-hydrogen) atoms. The molecule has 0 saturated carbocycles. The van der Waals surface area contributed by atoms with Gasteiger partial charge in [0.1, 0.15) is 0 Å². The van der Waals surface area contributed by atoms with E-state index in [1.165, 1.54) is 0 Å². The first kappa shape index (κ1) is 15.8. The van der Waals surface area contributed by atoms with Gasteiger partial charge < -0.3 is 5.11 Å². The van der Waals surface area contributed by atoms with Gasteiger partial charge in [0.05, 0.1) is 11.4 Å². The Labute approximate surface area is 143 Å². The molecule has 0 spiro atoms. The summed E-state index contributed by atoms with van der Waals surface area (Å²) in [5, 5.41) is 19.5. The minimum absolute atomic E-state index is 0.0988. The van der Waals surface area contributed by atoms with Gasteiger partial charge in [0.2, 0.25) is 0 Å². The highest BCUT2D eigenvalue weighted by atomic mass is 35.5. The summed E-state index contributed by atoms with van der Waals surface area (Å²) in [5.74, 6) is 0.801. The van der Waals surface area contributed by atoms with Crippen LogP contribution in [0.5, 0.6) is 5.75 Å². The summed E-state index contributed by atoms with van der Waals surface area (Å²) in [7, 11) is 0. The Morgan fingerprint density at radius 3 is 2.48 bits per heavy atom. The van der Waals surface area contributed by atoms with Crippen LogP contribution in [0, 0.1) is 0 Å². The number of benzene rings is 1. The number of fused-ring (bicyclic) bond motifs is 1. The quantitative estimate of drug-likeness (QED) is 0.600. The molecule has 0 aliphatic heterocycles. The van der Waals surface area contributed by atoms with Crippen molar-refractivity contribution in [2.45, 2.75) is 19.8 Å². The summed E-state index contributed by atoms with van der Waals surface area (Å²) in [6.07, 6.45) is 1.78. The highest BCUT2D eigenvalue weighted by molar-refractivity contribution is 6.35. The van der Waals surface area contributed by atoms with Gasteiger partial charge in [-0.25, -0.2) is 4.98 Å². The highest BCUT2D eigenvalue weighted by Crippen LogP contribution is 2.33. The van der Waals surface area contributed by atoms with Crippen LogP contribution in [0.15, 0.2) is 46.8 Å². The molecule has 0 saturated heterocycles. The number of aromatic nitrogens is 2. The molecule has 1 N–H and O–H groups in total. The lowest BCUT2D eigenvalue weighted by atomic mass is 10.1. The molecule has 5 nitrogen and oxygen atoms in total. The van der Waals surface area contributed by atoms with Crippen LogP contribution in [0.4, 0.5) is 11.5 Å². The number of halogens is 2. The largest absolute Gasteiger partial charge is 0.504 e. The first-order valence-electron chi connectivity index (χ1n) is 7.03. The van der Waals surface area contributed by atoms with Crippen molar-refractivity contribution in [1.29, 1.82) is 0 Å². The Morgan fingerprint density at radius 1 is 1.13 bits per heavy atom. The molecule has 0 amide bonds. The Hall–Kier alpha value is -2.11. The van der Waals surface area contributed by atoms with E-state index in [0.29, 0.717) is 27.2 Å². The fourth-order valence-electron chi connectivity index (χ4n) is 2.25. The normalized spacial score (nSPS) is 11.9. The van der Waals surface area contributed by atoms with Gasteiger partial charge in [-0.15, -0.1) is 10.2 Å². The van der Waals surface area contributed by atoms with Crippen LogP contribution in [-0.4, -0.2) is 14.5 Å². The SMILES string of the molecule is CC(C)c1nc2c(O)cccn2c1N=Nc1cc(Cl)cc(Cl)c1. The maximum Gasteiger partial charge on any atom is 0.183 e. The zero-order chi connectivity index (χ0) is 16.6. The van der Waals surface area contributed by atoms with E-state index >= 15 is 0 Å². The molecule has 118 valence electrons. The predicted molar refractivity (Wildman–Crippen MR) is 91.6 cm³/mol. The first-order chi connectivity index (χ1) is 11.0. The molecule has 0 unspecified atom stereocenters. The summed E-state index contributed by atoms with van der Waals surface area (Å²) in [4.78, 5) is 4.47. The topological polar surface area (TPSA) is 62.2 Å². The number of rotatable bonds is 3. The van der Waals surface area contributed by atoms with Gasteiger partial charge in [-0.2, -0.15) is 0 Å². The Morgan fingerprint density at radius 2 is 1.83 bits per heavy atom. The van der Waals surface area contributed by atoms with Gasteiger partial charge >= 0.3 is 0 Å². The van der Waals surface area contributed by atoms with Crippen molar-refractivity contribution in [3.05, 3.63) is 52.3 Å². The third kappa shape index (κ3) is 3.16. The van der Waals surface area contributed by atoms with E-state index in [0.717, 1.165) is 5.69 Å². The van der Waals surface area contributed by atoms with Gasteiger partial charge in [-0.3, -0.25) is 4.40 Å². The van der Waals surface area contributed by atoms with E-state index in [4.69, 9.17) is 23.2 Å². The van der Waals surface area contributed by atoms with E-state index in [2.05, 4.69) is 15.2 Å². The number of aromatic hydroxyl groups is 1. The minimum Gasteiger partial charge on any atom is -0.504 e. The number of nitrogens with zero attached hydrogens (tertiary/aromatic N) is 4. The summed E-state index contributed by atoms with van der Waals surface area (Å²) >= 11 is 11.9. The minimum atomic E-state index is 0.0988. The molecule has 2 aromatic heterocycles. The molecular weight excluding hydrogens is 335 g/mol. The van der Waals surface area contributed by atoms with Crippen LogP contribution in [0.3, 0.4) is 0 Å². The molecule has 0 fully saturated rings. The number of imidazole rings is 1. The summed E-state index contributed by atoms with van der Waals surface area (Å²) in [5.41, 5.74) is 1.75. The second kappa shape index (κ2) is 6.18. The molecule has 0 aliphatic carbocycles. The van der Waals surface area contributed by atoms with Gasteiger partial charge in [0, 0.05) is 16.2 Å². The second-order valence-corrected chi connectivity index (χ2v) is 6.26. The lowest BCUT2D eigenvalue weighted by molar-refractivity contribution is 0.477. The van der Waals surface area contributed by atoms with E-state index in [-0.39, 0.29) is 11.7 Å². The number of hydrogen-bond donors (Lipinski definition) is 1. The monoisotopic (exact) mass is 348 g/mol. The molecule has 3 aromatic rings. The van der Waals surface area contributed by atoms with Crippen LogP contribution < -0.4 is 0 Å². The van der Waals surface area contributed by atoms with Crippen LogP contribution in [0.2, 0.25) is 10.0 Å². The molecule has 1 aromatic carbocycles. The Kier molecular flexibility index (Phi) is 4.24. The Balaban J connectivity index is 2.13. The second-order valence-electron chi connectivity index (χ2n) is 5.39. The standard InChI is InChI=1S/C16H14Cl2N4O/c1-9(2)14-16(22-5-3-4-13(23)15(22)19-14)21-20-12-7-10(17)6-11(18)8-12/h3-9,23H,1-2H3. The molecule has 2 heterocycles. The molecular formula is C16H14Cl2N4O. The van der Waals surface area contributed by atoms with Crippen LogP contribution in [-0.2, 0) is 0 Å². The number of hydrogen-bond acceptors (Lipinski definition) is 4. The van der Waals surface area contributed by atoms with Crippen molar-refractivity contribution >= 4 is 40.4 Å². The molecule has 3 rings (SSSR count). The van der Waals surface area contributed by atoms with E-state index in [1.807, 2.05) is 13.8 Å². The molecule has 7 heteroatoms. The zero-order valence-electron chi connectivity index (χ0n) is 12.5. The van der Waals surface area contributed by atoms with Crippen LogP contribution >= 0.6 is 23.2 Å². The van der Waals surface area contributed by atoms with Crippen molar-refractivity contribution in [3.8, 4) is 5.75 Å². The van der Waals surface area contributed by atoms with Gasteiger partial charge in [0.25, 0.3) is 0 Å². The summed E-state index contributed by atoms with van der Waals surface area (Å²) in [6, 6.07) is 8.29. The smallest absolute Gasteiger partial charge is 0.183 e. The highest BCUT2D eigenvalue weighted by Gasteiger charge is 2.16. The van der Waals surface area contributed by atoms with E-state index in [1.54, 1.807) is 40.9 Å². The third-order valence-corrected chi connectivity index (χ3v) is 3.72. The molecule has 0 radical (unpaired) electrons. The van der Waals surface area contributed by atoms with Gasteiger partial charge in [-0.05, 0) is 36.2 Å². The maximum absolute atomic E-state index is 9.96. The molecule has 0 atom stereocenters. The summed E-state index contributed by atoms with van der Waals surface area (Å²) in [6.45, 7) is 4.02. The van der Waals surface area contributed by atoms with Crippen molar-refractivity contribution in [1.82, 2.24) is 9.38 Å². The number of azo groups is 1. The number of pyridine rings is 1. The first-order valence-corrected chi connectivity index (χ1v) is 7.79. The van der Waals surface area contributed by atoms with Crippen LogP contribution in [0.25, 0.3) is 5.65 Å². The average Bonchev–Trinajstić information content (AvgIpc) is 2.84. The average molecular weight is 349 g/mol. The molecule has 0 bridgehead atoms. The maximum atomic E-state index is 9.96. The zero-order valence-corrected chi connectivity index (χ0v) is 14.0. The lowest BCUT2D eigenvalue weighted by Crippen LogP contribution is -1.87. The van der Waals surface area contributed by atoms with E-state index < -0.39 is 0 Å². The fourth-order valence-corrected chi connectivity index (χ4v) is 2.76. The predicted octanol–water partition coefficient (Wildman–Crippen LogP) is 5.89. The third-order valence-electron chi connectivity index (χ3n) is 3.28. The van der Waals surface area contributed by atoms with Crippen molar-refractivity contribution in [3.63, 3.8) is 0 Å². The summed E-state index contributed by atoms with van der Waals surface area (Å²) < 4.78 is 1.71.